The van der Waals surface area contributed by atoms with Gasteiger partial charge in [-0.3, -0.25) is 14.5 Å². The van der Waals surface area contributed by atoms with Gasteiger partial charge in [0.2, 0.25) is 0 Å². The zero-order chi connectivity index (χ0) is 22.4. The van der Waals surface area contributed by atoms with Gasteiger partial charge >= 0.3 is 0 Å². The zero-order valence-electron chi connectivity index (χ0n) is 18.0. The average Bonchev–Trinajstić information content (AvgIpc) is 2.97. The summed E-state index contributed by atoms with van der Waals surface area (Å²) < 4.78 is 24.6. The lowest BCUT2D eigenvalue weighted by Crippen LogP contribution is -2.35. The summed E-state index contributed by atoms with van der Waals surface area (Å²) in [6, 6.07) is 12.7. The minimum atomic E-state index is -0.448. The molecule has 164 valence electrons. The normalized spacial score (nSPS) is 14.0. The standard InChI is InChI=1S/C24H27FN2O4/c1-4-13-31-20-7-5-6-19(15-20)26-22-21(17-8-10-18(25)11-9-17)23(28)27(24(22)29)12-14-30-16(2)3/h5-11,15-16,26H,4,12-14H2,1-3H3. The van der Waals surface area contributed by atoms with Crippen molar-refractivity contribution in [3.8, 4) is 5.75 Å². The maximum Gasteiger partial charge on any atom is 0.278 e. The fraction of sp³-hybridized carbons (Fsp3) is 0.333. The number of hydrogen-bond acceptors (Lipinski definition) is 5. The first-order chi connectivity index (χ1) is 14.9. The van der Waals surface area contributed by atoms with Gasteiger partial charge in [-0.1, -0.05) is 25.1 Å². The van der Waals surface area contributed by atoms with Gasteiger partial charge in [-0.15, -0.1) is 0 Å². The van der Waals surface area contributed by atoms with E-state index in [2.05, 4.69) is 5.32 Å². The summed E-state index contributed by atoms with van der Waals surface area (Å²) in [4.78, 5) is 27.4. The third-order valence-corrected chi connectivity index (χ3v) is 4.64. The molecule has 3 rings (SSSR count). The molecule has 0 saturated carbocycles. The number of ether oxygens (including phenoxy) is 2. The zero-order valence-corrected chi connectivity index (χ0v) is 18.0. The lowest BCUT2D eigenvalue weighted by molar-refractivity contribution is -0.137. The molecule has 0 radical (unpaired) electrons. The summed E-state index contributed by atoms with van der Waals surface area (Å²) in [5.41, 5.74) is 1.43. The highest BCUT2D eigenvalue weighted by Gasteiger charge is 2.39. The molecule has 1 heterocycles. The highest BCUT2D eigenvalue weighted by Crippen LogP contribution is 2.31. The first-order valence-electron chi connectivity index (χ1n) is 10.4. The second kappa shape index (κ2) is 10.2. The number of carbonyl (C=O) groups excluding carboxylic acids is 2. The molecule has 31 heavy (non-hydrogen) atoms. The van der Waals surface area contributed by atoms with Crippen molar-refractivity contribution in [2.75, 3.05) is 25.1 Å². The smallest absolute Gasteiger partial charge is 0.278 e. The van der Waals surface area contributed by atoms with Crippen LogP contribution in [0.15, 0.2) is 54.2 Å². The summed E-state index contributed by atoms with van der Waals surface area (Å²) in [7, 11) is 0. The van der Waals surface area contributed by atoms with Crippen LogP contribution in [0.25, 0.3) is 5.57 Å². The van der Waals surface area contributed by atoms with Crippen molar-refractivity contribution >= 4 is 23.1 Å². The Kier molecular flexibility index (Phi) is 7.41. The number of nitrogens with zero attached hydrogens (tertiary/aromatic N) is 1. The molecule has 1 N–H and O–H groups in total. The van der Waals surface area contributed by atoms with E-state index in [1.165, 1.54) is 24.3 Å². The van der Waals surface area contributed by atoms with E-state index in [0.29, 0.717) is 23.6 Å². The lowest BCUT2D eigenvalue weighted by Gasteiger charge is -2.16. The number of rotatable bonds is 10. The van der Waals surface area contributed by atoms with Crippen LogP contribution >= 0.6 is 0 Å². The minimum absolute atomic E-state index is 0.0132. The van der Waals surface area contributed by atoms with Gasteiger partial charge in [0.15, 0.2) is 0 Å². The highest BCUT2D eigenvalue weighted by atomic mass is 19.1. The number of halogens is 1. The van der Waals surface area contributed by atoms with Crippen molar-refractivity contribution in [2.24, 2.45) is 0 Å². The second-order valence-corrected chi connectivity index (χ2v) is 7.44. The molecule has 0 fully saturated rings. The molecule has 0 saturated heterocycles. The Morgan fingerprint density at radius 2 is 1.77 bits per heavy atom. The first-order valence-corrected chi connectivity index (χ1v) is 10.4. The molecule has 0 atom stereocenters. The van der Waals surface area contributed by atoms with Crippen molar-refractivity contribution in [3.63, 3.8) is 0 Å². The summed E-state index contributed by atoms with van der Waals surface area (Å²) in [5, 5.41) is 3.08. The maximum absolute atomic E-state index is 13.4. The molecule has 2 aromatic rings. The second-order valence-electron chi connectivity index (χ2n) is 7.44. The van der Waals surface area contributed by atoms with Gasteiger partial charge in [0, 0.05) is 11.8 Å². The number of hydrogen-bond donors (Lipinski definition) is 1. The van der Waals surface area contributed by atoms with Crippen LogP contribution < -0.4 is 10.1 Å². The third kappa shape index (κ3) is 5.49. The van der Waals surface area contributed by atoms with E-state index < -0.39 is 17.6 Å². The van der Waals surface area contributed by atoms with Crippen molar-refractivity contribution in [1.82, 2.24) is 4.90 Å². The molecule has 1 aliphatic heterocycles. The van der Waals surface area contributed by atoms with Crippen LogP contribution in [0.5, 0.6) is 5.75 Å². The van der Waals surface area contributed by atoms with Crippen molar-refractivity contribution in [3.05, 3.63) is 65.6 Å². The van der Waals surface area contributed by atoms with E-state index in [1.807, 2.05) is 26.8 Å². The van der Waals surface area contributed by atoms with Crippen LogP contribution in [0.3, 0.4) is 0 Å². The molecule has 1 aliphatic rings. The molecule has 0 aromatic heterocycles. The van der Waals surface area contributed by atoms with Crippen molar-refractivity contribution < 1.29 is 23.5 Å². The Labute approximate surface area is 181 Å². The monoisotopic (exact) mass is 426 g/mol. The lowest BCUT2D eigenvalue weighted by atomic mass is 10.0. The van der Waals surface area contributed by atoms with Crippen LogP contribution in [0.2, 0.25) is 0 Å². The number of nitrogens with one attached hydrogen (secondary N) is 1. The molecule has 2 aromatic carbocycles. The third-order valence-electron chi connectivity index (χ3n) is 4.64. The van der Waals surface area contributed by atoms with Crippen molar-refractivity contribution in [1.29, 1.82) is 0 Å². The highest BCUT2D eigenvalue weighted by molar-refractivity contribution is 6.36. The molecule has 2 amide bonds. The molecule has 0 spiro atoms. The van der Waals surface area contributed by atoms with E-state index in [0.717, 1.165) is 11.3 Å². The van der Waals surface area contributed by atoms with Gasteiger partial charge in [-0.2, -0.15) is 0 Å². The van der Waals surface area contributed by atoms with Gasteiger partial charge in [-0.25, -0.2) is 4.39 Å². The quantitative estimate of drug-likeness (QED) is 0.576. The predicted molar refractivity (Wildman–Crippen MR) is 117 cm³/mol. The molecular weight excluding hydrogens is 399 g/mol. The number of carbonyl (C=O) groups is 2. The molecular formula is C24H27FN2O4. The van der Waals surface area contributed by atoms with E-state index in [4.69, 9.17) is 9.47 Å². The van der Waals surface area contributed by atoms with Crippen molar-refractivity contribution in [2.45, 2.75) is 33.3 Å². The maximum atomic E-state index is 13.4. The van der Waals surface area contributed by atoms with E-state index in [-0.39, 0.29) is 30.5 Å². The number of imide groups is 1. The van der Waals surface area contributed by atoms with Gasteiger partial charge in [0.05, 0.1) is 31.4 Å². The Balaban J connectivity index is 1.92. The predicted octanol–water partition coefficient (Wildman–Crippen LogP) is 4.23. The van der Waals surface area contributed by atoms with E-state index in [1.54, 1.807) is 18.2 Å². The van der Waals surface area contributed by atoms with Gasteiger partial charge < -0.3 is 14.8 Å². The summed E-state index contributed by atoms with van der Waals surface area (Å²) in [6.07, 6.45) is 0.860. The largest absolute Gasteiger partial charge is 0.494 e. The number of anilines is 1. The van der Waals surface area contributed by atoms with Crippen LogP contribution in [0.1, 0.15) is 32.8 Å². The van der Waals surface area contributed by atoms with Crippen LogP contribution in [0.4, 0.5) is 10.1 Å². The van der Waals surface area contributed by atoms with Crippen LogP contribution in [-0.4, -0.2) is 42.6 Å². The van der Waals surface area contributed by atoms with Crippen LogP contribution in [-0.2, 0) is 14.3 Å². The Hall–Kier alpha value is -3.19. The molecule has 0 bridgehead atoms. The Bertz CT molecular complexity index is 970. The van der Waals surface area contributed by atoms with E-state index in [9.17, 15) is 14.0 Å². The van der Waals surface area contributed by atoms with Crippen LogP contribution in [0, 0.1) is 5.82 Å². The average molecular weight is 426 g/mol. The fourth-order valence-corrected chi connectivity index (χ4v) is 3.19. The summed E-state index contributed by atoms with van der Waals surface area (Å²) >= 11 is 0. The minimum Gasteiger partial charge on any atom is -0.494 e. The topological polar surface area (TPSA) is 67.9 Å². The molecule has 0 aliphatic carbocycles. The fourth-order valence-electron chi connectivity index (χ4n) is 3.19. The number of amides is 2. The van der Waals surface area contributed by atoms with Gasteiger partial charge in [0.25, 0.3) is 11.8 Å². The first kappa shape index (κ1) is 22.5. The van der Waals surface area contributed by atoms with Gasteiger partial charge in [0.1, 0.15) is 17.3 Å². The van der Waals surface area contributed by atoms with Gasteiger partial charge in [-0.05, 0) is 50.1 Å². The summed E-state index contributed by atoms with van der Waals surface area (Å²) in [5.74, 6) is -0.644. The Morgan fingerprint density at radius 1 is 1.03 bits per heavy atom. The Morgan fingerprint density at radius 3 is 2.45 bits per heavy atom. The molecule has 7 heteroatoms. The summed E-state index contributed by atoms with van der Waals surface area (Å²) in [6.45, 7) is 6.73. The number of benzene rings is 2. The SMILES string of the molecule is CCCOc1cccc(NC2=C(c3ccc(F)cc3)C(=O)N(CCOC(C)C)C2=O)c1. The molecule has 6 nitrogen and oxygen atoms in total. The molecule has 0 unspecified atom stereocenters. The van der Waals surface area contributed by atoms with E-state index >= 15 is 0 Å².